The molecule has 137 heavy (non-hydrogen) atoms. The number of nitrogens with two attached hydrogens (primary N) is 4. The molecule has 8 aromatic carbocycles. The van der Waals surface area contributed by atoms with Crippen molar-refractivity contribution < 1.29 is 85.0 Å². The summed E-state index contributed by atoms with van der Waals surface area (Å²) in [7, 11) is 3.45. The lowest BCUT2D eigenvalue weighted by molar-refractivity contribution is -0.137. The Balaban J connectivity index is 0.000000164. The summed E-state index contributed by atoms with van der Waals surface area (Å²) in [5.74, 6) is -11.8. The van der Waals surface area contributed by atoms with Gasteiger partial charge in [0.15, 0.2) is 17.2 Å². The topological polar surface area (TPSA) is 555 Å². The van der Waals surface area contributed by atoms with Gasteiger partial charge in [-0.15, -0.1) is 0 Å². The number of carbonyl (C=O) groups is 14. The van der Waals surface area contributed by atoms with Crippen LogP contribution in [0.4, 0.5) is 8.78 Å². The van der Waals surface area contributed by atoms with Crippen molar-refractivity contribution in [1.82, 2.24) is 80.2 Å². The lowest BCUT2D eigenvalue weighted by Crippen LogP contribution is -2.47. The number of aryl methyl sites for hydroxylation is 3. The van der Waals surface area contributed by atoms with E-state index in [2.05, 4.69) is 70.8 Å². The van der Waals surface area contributed by atoms with Crippen molar-refractivity contribution in [1.29, 1.82) is 0 Å². The summed E-state index contributed by atoms with van der Waals surface area (Å²) >= 11 is 0.781. The fourth-order valence-electron chi connectivity index (χ4n) is 13.5. The van der Waals surface area contributed by atoms with Crippen molar-refractivity contribution in [2.45, 2.75) is 69.2 Å². The van der Waals surface area contributed by atoms with Crippen LogP contribution in [0.1, 0.15) is 85.4 Å². The first-order chi connectivity index (χ1) is 66.0. The molecule has 36 nitrogen and oxygen atoms in total. The predicted molar refractivity (Wildman–Crippen MR) is 494 cm³/mol. The third-order valence-electron chi connectivity index (χ3n) is 20.0. The molecular formula is C98H86F2N20O16S. The number of amides is 9. The summed E-state index contributed by atoms with van der Waals surface area (Å²) in [6.45, 7) is 1.84. The number of rotatable bonds is 34. The number of aromatic nitrogens is 11. The van der Waals surface area contributed by atoms with Crippen LogP contribution in [-0.4, -0.2) is 166 Å². The number of aldehydes is 1. The monoisotopic (exact) mass is 1870 g/mol. The van der Waals surface area contributed by atoms with E-state index in [0.29, 0.717) is 40.2 Å². The molecule has 0 aliphatic rings. The molecule has 0 aliphatic heterocycles. The molecule has 9 amide bonds. The highest BCUT2D eigenvalue weighted by atomic mass is 32.1. The van der Waals surface area contributed by atoms with Gasteiger partial charge >= 0.3 is 0 Å². The van der Waals surface area contributed by atoms with Gasteiger partial charge in [0.25, 0.3) is 53.2 Å². The molecule has 13 N–H and O–H groups in total. The third kappa shape index (κ3) is 28.4. The number of halogens is 2. The molecule has 7 aromatic heterocycles. The van der Waals surface area contributed by atoms with Gasteiger partial charge in [0.05, 0.1) is 34.6 Å². The molecule has 5 atom stereocenters. The highest BCUT2D eigenvalue weighted by Gasteiger charge is 2.34. The summed E-state index contributed by atoms with van der Waals surface area (Å²) in [6.07, 6.45) is 10.0. The van der Waals surface area contributed by atoms with E-state index in [9.17, 15) is 75.9 Å². The standard InChI is InChI=1S/C21H21N5O3.C20H16FN3O4.C20H19N3O2.C19H15FN4O3S.C18H15N5O4/c1-13-7-6-10-16(23-13)18-15(12-26(2)25-18)21(29)24-17(19(27)20(22)28)11-14-8-4-3-5-9-14;21-14-8-4-7-13(10-14)17-15(11-28-24-17)20(27)23-16(18(25)19(22)26)9-12-5-2-1-3-6-12;1-23-13-18(19(22-23)16-10-6-3-7-11-16)20(25)21-17(14-24)12-15-8-4-2-5-9-15;20-13-8-4-7-12(10-13)15-16(24-28-23-15)19(27)22-14(17(25)18(21)26)9-11-5-2-1-3-6-11;19-16(25)15(24)13(9-11-5-2-1-3-6-11)22-18(26)12-10-27-23-14(12)17-20-7-4-8-21-17/h3-10,12,17H,11H2,1-2H3,(H2,22,28)(H,24,29);1-8,10-11,16H,9H2,(H2,22,26)(H,23,27);2-11,13-14,17H,12H2,1H3,(H,21,25);1-8,10,14H,9H2,(H2,21,26)(H,22,27);1-8,10,13H,9H2,(H2,19,25)(H,22,26). The van der Waals surface area contributed by atoms with E-state index in [4.69, 9.17) is 32.0 Å². The molecule has 39 heteroatoms. The van der Waals surface area contributed by atoms with Crippen molar-refractivity contribution in [3.05, 3.63) is 365 Å². The van der Waals surface area contributed by atoms with Crippen molar-refractivity contribution in [3.8, 4) is 56.7 Å². The van der Waals surface area contributed by atoms with E-state index < -0.39 is 112 Å². The van der Waals surface area contributed by atoms with Crippen LogP contribution in [0.25, 0.3) is 56.7 Å². The van der Waals surface area contributed by atoms with Crippen LogP contribution >= 0.6 is 11.7 Å². The maximum absolute atomic E-state index is 13.5. The Labute approximate surface area is 783 Å². The van der Waals surface area contributed by atoms with Crippen LogP contribution in [0.15, 0.2) is 301 Å². The molecular weight excluding hydrogens is 1780 g/mol. The van der Waals surface area contributed by atoms with E-state index in [-0.39, 0.29) is 76.9 Å². The highest BCUT2D eigenvalue weighted by molar-refractivity contribution is 6.99. The van der Waals surface area contributed by atoms with Gasteiger partial charge in [-0.05, 0) is 83.6 Å². The summed E-state index contributed by atoms with van der Waals surface area (Å²) < 4.78 is 47.8. The fraction of sp³-hybridized carbons (Fsp3) is 0.133. The van der Waals surface area contributed by atoms with Gasteiger partial charge in [0.1, 0.15) is 88.5 Å². The zero-order chi connectivity index (χ0) is 98.0. The van der Waals surface area contributed by atoms with Gasteiger partial charge in [0.2, 0.25) is 23.1 Å². The number of primary amides is 4. The number of hydrogen-bond acceptors (Lipinski definition) is 26. The normalized spacial score (nSPS) is 11.6. The first-order valence-electron chi connectivity index (χ1n) is 41.6. The summed E-state index contributed by atoms with van der Waals surface area (Å²) in [4.78, 5) is 182. The second-order valence-corrected chi connectivity index (χ2v) is 30.6. The number of nitrogens with zero attached hydrogens (tertiary/aromatic N) is 11. The maximum atomic E-state index is 13.5. The second kappa shape index (κ2) is 48.6. The van der Waals surface area contributed by atoms with Crippen molar-refractivity contribution in [3.63, 3.8) is 0 Å². The Morgan fingerprint density at radius 1 is 0.380 bits per heavy atom. The molecule has 5 unspecified atom stereocenters. The molecule has 0 bridgehead atoms. The van der Waals surface area contributed by atoms with Crippen molar-refractivity contribution in [2.75, 3.05) is 0 Å². The van der Waals surface area contributed by atoms with Gasteiger partial charge in [-0.25, -0.2) is 18.7 Å². The van der Waals surface area contributed by atoms with E-state index in [1.807, 2.05) is 104 Å². The third-order valence-corrected chi connectivity index (χ3v) is 20.5. The van der Waals surface area contributed by atoms with Gasteiger partial charge < -0.3 is 63.4 Å². The number of pyridine rings is 1. The van der Waals surface area contributed by atoms with Crippen molar-refractivity contribution >= 4 is 94.3 Å². The number of Topliss-reactive ketones (excluding diaryl/α,β-unsaturated/α-hetero) is 4. The van der Waals surface area contributed by atoms with E-state index in [1.54, 1.807) is 152 Å². The Hall–Kier alpha value is -18.2. The van der Waals surface area contributed by atoms with Crippen LogP contribution < -0.4 is 49.5 Å². The Morgan fingerprint density at radius 2 is 0.730 bits per heavy atom. The lowest BCUT2D eigenvalue weighted by atomic mass is 10.0. The summed E-state index contributed by atoms with van der Waals surface area (Å²) in [5, 5.41) is 29.1. The lowest BCUT2D eigenvalue weighted by Gasteiger charge is -2.16. The quantitative estimate of drug-likeness (QED) is 0.0136. The first-order valence-corrected chi connectivity index (χ1v) is 42.3. The predicted octanol–water partition coefficient (Wildman–Crippen LogP) is 7.96. The summed E-state index contributed by atoms with van der Waals surface area (Å²) in [5.41, 5.74) is 29.5. The molecule has 15 rings (SSSR count). The molecule has 0 spiro atoms. The minimum absolute atomic E-state index is 0.000863. The van der Waals surface area contributed by atoms with Gasteiger partial charge in [-0.3, -0.25) is 76.7 Å². The largest absolute Gasteiger partial charge is 0.363 e. The van der Waals surface area contributed by atoms with Crippen LogP contribution in [0, 0.1) is 18.6 Å². The van der Waals surface area contributed by atoms with E-state index in [0.717, 1.165) is 69.6 Å². The van der Waals surface area contributed by atoms with Crippen LogP contribution in [0.2, 0.25) is 0 Å². The molecule has 15 aromatic rings. The Kier molecular flexibility index (Phi) is 35.3. The molecule has 694 valence electrons. The molecule has 0 fully saturated rings. The fourth-order valence-corrected chi connectivity index (χ4v) is 14.0. The van der Waals surface area contributed by atoms with Crippen molar-refractivity contribution in [2.24, 2.45) is 37.0 Å². The minimum Gasteiger partial charge on any atom is -0.363 e. The zero-order valence-corrected chi connectivity index (χ0v) is 74.0. The van der Waals surface area contributed by atoms with E-state index >= 15 is 0 Å². The van der Waals surface area contributed by atoms with Crippen LogP contribution in [0.5, 0.6) is 0 Å². The van der Waals surface area contributed by atoms with Gasteiger partial charge in [0, 0.05) is 87.0 Å². The average molecular weight is 1870 g/mol. The second-order valence-electron chi connectivity index (χ2n) is 30.1. The molecule has 0 aliphatic carbocycles. The van der Waals surface area contributed by atoms with E-state index in [1.165, 1.54) is 53.5 Å². The zero-order valence-electron chi connectivity index (χ0n) is 73.1. The minimum atomic E-state index is -1.16. The number of hydrogen-bond donors (Lipinski definition) is 9. The number of ketones is 4. The van der Waals surface area contributed by atoms with Crippen LogP contribution in [-0.2, 0) is 89.4 Å². The average Bonchev–Trinajstić information content (AvgIpc) is 1.55. The highest BCUT2D eigenvalue weighted by Crippen LogP contribution is 2.28. The SMILES string of the molecule is Cc1cccc(-c2nn(C)cc2C(=O)NC(Cc2ccccc2)C(=O)C(N)=O)n1.Cn1cc(C(=O)NC(C=O)Cc2ccccc2)c(-c2ccccc2)n1.NC(=O)C(=O)C(Cc1ccccc1)NC(=O)c1conc1-c1cccc(F)c1.NC(=O)C(=O)C(Cc1ccccc1)NC(=O)c1conc1-c1ncccn1.NC(=O)C(=O)C(Cc1ccccc1)NC(=O)c1nsnc1-c1cccc(F)c1. The first kappa shape index (κ1) is 99.4. The maximum Gasteiger partial charge on any atom is 0.287 e. The number of nitrogens with one attached hydrogen (secondary N) is 5. The molecule has 0 saturated heterocycles. The number of carbonyl (C=O) groups excluding carboxylic acids is 14. The Morgan fingerprint density at radius 3 is 1.14 bits per heavy atom. The van der Waals surface area contributed by atoms with Crippen LogP contribution in [0.3, 0.4) is 0 Å². The summed E-state index contributed by atoms with van der Waals surface area (Å²) in [6, 6.07) is 67.8. The number of benzene rings is 8. The molecule has 7 heterocycles. The van der Waals surface area contributed by atoms with Gasteiger partial charge in [-0.2, -0.15) is 18.9 Å². The molecule has 0 saturated carbocycles. The smallest absolute Gasteiger partial charge is 0.287 e. The molecule has 0 radical (unpaired) electrons. The Bertz CT molecular complexity index is 6630. The van der Waals surface area contributed by atoms with Gasteiger partial charge in [-0.1, -0.05) is 223 Å².